The molecule has 0 aliphatic carbocycles. The van der Waals surface area contributed by atoms with Crippen LogP contribution in [0.2, 0.25) is 0 Å². The molecule has 0 saturated carbocycles. The van der Waals surface area contributed by atoms with Crippen molar-refractivity contribution in [1.29, 1.82) is 0 Å². The average molecular weight is 815 g/mol. The van der Waals surface area contributed by atoms with Crippen LogP contribution in [0.15, 0.2) is 108 Å². The highest BCUT2D eigenvalue weighted by Crippen LogP contribution is 2.34. The summed E-state index contributed by atoms with van der Waals surface area (Å²) in [6.45, 7) is 2.60. The number of furan rings is 1. The van der Waals surface area contributed by atoms with Crippen LogP contribution in [-0.2, 0) is 28.7 Å². The van der Waals surface area contributed by atoms with Gasteiger partial charge in [-0.15, -0.1) is 0 Å². The summed E-state index contributed by atoms with van der Waals surface area (Å²) in [7, 11) is 2.45. The minimum atomic E-state index is -1.02. The Kier molecular flexibility index (Phi) is 12.4. The van der Waals surface area contributed by atoms with Crippen LogP contribution in [0.4, 0.5) is 21.0 Å². The minimum Gasteiger partial charge on any atom is -0.456 e. The molecule has 6 amide bonds. The van der Waals surface area contributed by atoms with Crippen molar-refractivity contribution in [1.82, 2.24) is 20.4 Å². The van der Waals surface area contributed by atoms with Gasteiger partial charge in [0.2, 0.25) is 11.8 Å². The quantitative estimate of drug-likeness (QED) is 0.116. The van der Waals surface area contributed by atoms with Gasteiger partial charge in [-0.2, -0.15) is 0 Å². The van der Waals surface area contributed by atoms with Gasteiger partial charge in [-0.05, 0) is 91.8 Å². The molecule has 1 unspecified atom stereocenters. The standard InChI is InChI=1S/C45H46N6O9/c1-27-24-33(47-41(53)35-17-11-23-51(35)43(55)38(49-45(57)59-3)30-14-8-5-9-15-30)25-31-26-36(60-39(27)31)28-18-20-32(21-19-28)46-40(52)34-16-10-22-50(34)42(54)37(48-44(56)58-2)29-12-6-4-7-13-29/h4-9,12-15,18-21,24-26,34-35,37-38H,10-11,16-17,22-23H2,1-3H3,(H,46,52)(H,47,53)(H,48,56)(H,49,57)/t34?,35-,37+,38+/m0/s1. The summed E-state index contributed by atoms with van der Waals surface area (Å²) in [6, 6.07) is 26.7. The molecule has 310 valence electrons. The Labute approximate surface area is 346 Å². The number of benzene rings is 4. The Balaban J connectivity index is 1.01. The Hall–Kier alpha value is -7.16. The van der Waals surface area contributed by atoms with E-state index in [2.05, 4.69) is 21.3 Å². The maximum absolute atomic E-state index is 13.8. The topological polar surface area (TPSA) is 189 Å². The number of hydrogen-bond acceptors (Lipinski definition) is 9. The largest absolute Gasteiger partial charge is 0.456 e. The van der Waals surface area contributed by atoms with Crippen molar-refractivity contribution < 1.29 is 42.7 Å². The lowest BCUT2D eigenvalue weighted by molar-refractivity contribution is -0.138. The molecule has 15 nitrogen and oxygen atoms in total. The van der Waals surface area contributed by atoms with Crippen molar-refractivity contribution in [3.63, 3.8) is 0 Å². The van der Waals surface area contributed by atoms with Crippen LogP contribution in [0, 0.1) is 6.92 Å². The summed E-state index contributed by atoms with van der Waals surface area (Å²) in [4.78, 5) is 82.2. The average Bonchev–Trinajstić information content (AvgIpc) is 4.06. The summed E-state index contributed by atoms with van der Waals surface area (Å²) in [5, 5.41) is 11.9. The van der Waals surface area contributed by atoms with Gasteiger partial charge in [0.15, 0.2) is 0 Å². The molecule has 0 spiro atoms. The van der Waals surface area contributed by atoms with Crippen molar-refractivity contribution in [2.75, 3.05) is 37.9 Å². The summed E-state index contributed by atoms with van der Waals surface area (Å²) in [5.41, 5.74) is 4.39. The maximum atomic E-state index is 13.8. The van der Waals surface area contributed by atoms with Crippen molar-refractivity contribution in [3.8, 4) is 11.3 Å². The van der Waals surface area contributed by atoms with Gasteiger partial charge in [0.1, 0.15) is 35.5 Å². The lowest BCUT2D eigenvalue weighted by Crippen LogP contribution is -2.48. The van der Waals surface area contributed by atoms with Gasteiger partial charge in [0, 0.05) is 35.4 Å². The molecule has 2 fully saturated rings. The highest BCUT2D eigenvalue weighted by atomic mass is 16.5. The van der Waals surface area contributed by atoms with Crippen molar-refractivity contribution in [2.45, 2.75) is 56.8 Å². The van der Waals surface area contributed by atoms with Gasteiger partial charge in [0.25, 0.3) is 11.8 Å². The van der Waals surface area contributed by atoms with E-state index in [1.165, 1.54) is 24.0 Å². The van der Waals surface area contributed by atoms with Gasteiger partial charge in [-0.1, -0.05) is 60.7 Å². The minimum absolute atomic E-state index is 0.341. The first-order chi connectivity index (χ1) is 29.0. The van der Waals surface area contributed by atoms with E-state index < -0.39 is 48.2 Å². The Morgan fingerprint density at radius 2 is 1.12 bits per heavy atom. The Morgan fingerprint density at radius 3 is 1.60 bits per heavy atom. The smallest absolute Gasteiger partial charge is 0.407 e. The number of fused-ring (bicyclic) bond motifs is 1. The molecule has 2 aliphatic rings. The number of alkyl carbamates (subject to hydrolysis) is 2. The van der Waals surface area contributed by atoms with Crippen LogP contribution in [0.1, 0.15) is 54.5 Å². The molecule has 60 heavy (non-hydrogen) atoms. The summed E-state index contributed by atoms with van der Waals surface area (Å²) >= 11 is 0. The second-order valence-electron chi connectivity index (χ2n) is 14.7. The molecule has 0 radical (unpaired) electrons. The highest BCUT2D eigenvalue weighted by Gasteiger charge is 2.40. The number of ether oxygens (including phenoxy) is 2. The van der Waals surface area contributed by atoms with Crippen LogP contribution in [0.3, 0.4) is 0 Å². The maximum Gasteiger partial charge on any atom is 0.407 e. The lowest BCUT2D eigenvalue weighted by atomic mass is 10.0. The third-order valence-electron chi connectivity index (χ3n) is 10.8. The molecule has 7 rings (SSSR count). The van der Waals surface area contributed by atoms with Crippen LogP contribution < -0.4 is 21.3 Å². The molecule has 4 atom stereocenters. The van der Waals surface area contributed by atoms with E-state index in [4.69, 9.17) is 13.9 Å². The zero-order chi connectivity index (χ0) is 42.3. The number of methoxy groups -OCH3 is 2. The Bertz CT molecular complexity index is 2390. The van der Waals surface area contributed by atoms with Crippen LogP contribution in [0.5, 0.6) is 0 Å². The molecule has 1 aromatic heterocycles. The number of carbonyl (C=O) groups is 6. The Morgan fingerprint density at radius 1 is 0.633 bits per heavy atom. The van der Waals surface area contributed by atoms with E-state index in [0.717, 1.165) is 16.5 Å². The molecular weight excluding hydrogens is 769 g/mol. The van der Waals surface area contributed by atoms with Crippen LogP contribution in [0.25, 0.3) is 22.3 Å². The zero-order valence-electron chi connectivity index (χ0n) is 33.4. The van der Waals surface area contributed by atoms with Gasteiger partial charge in [-0.3, -0.25) is 19.2 Å². The fourth-order valence-electron chi connectivity index (χ4n) is 7.87. The highest BCUT2D eigenvalue weighted by molar-refractivity contribution is 6.01. The number of anilines is 2. The molecule has 0 bridgehead atoms. The van der Waals surface area contributed by atoms with Crippen molar-refractivity contribution in [2.24, 2.45) is 0 Å². The predicted octanol–water partition coefficient (Wildman–Crippen LogP) is 6.46. The molecule has 15 heteroatoms. The van der Waals surface area contributed by atoms with E-state index in [0.29, 0.717) is 72.6 Å². The number of nitrogens with one attached hydrogen (secondary N) is 4. The molecule has 4 N–H and O–H groups in total. The molecule has 4 aromatic carbocycles. The lowest BCUT2D eigenvalue weighted by Gasteiger charge is -2.28. The van der Waals surface area contributed by atoms with E-state index in [9.17, 15) is 28.8 Å². The first-order valence-electron chi connectivity index (χ1n) is 19.7. The van der Waals surface area contributed by atoms with E-state index in [1.54, 1.807) is 60.7 Å². The number of aryl methyl sites for hydroxylation is 1. The van der Waals surface area contributed by atoms with E-state index in [1.807, 2.05) is 49.4 Å². The monoisotopic (exact) mass is 814 g/mol. The summed E-state index contributed by atoms with van der Waals surface area (Å²) in [5.74, 6) is -0.917. The van der Waals surface area contributed by atoms with Gasteiger partial charge < -0.3 is 45.0 Å². The second-order valence-corrected chi connectivity index (χ2v) is 14.7. The molecule has 2 saturated heterocycles. The zero-order valence-corrected chi connectivity index (χ0v) is 33.4. The van der Waals surface area contributed by atoms with Gasteiger partial charge in [0.05, 0.1) is 14.2 Å². The van der Waals surface area contributed by atoms with E-state index in [-0.39, 0.29) is 11.8 Å². The SMILES string of the molecule is COC(=O)N[C@@H](C(=O)N1CCCC1C(=O)Nc1ccc(-c2cc3cc(NC(=O)[C@@H]4CCCN4C(=O)[C@H](NC(=O)OC)c4ccccc4)cc(C)c3o2)cc1)c1ccccc1. The third-order valence-corrected chi connectivity index (χ3v) is 10.8. The fourth-order valence-corrected chi connectivity index (χ4v) is 7.87. The second kappa shape index (κ2) is 18.2. The first-order valence-corrected chi connectivity index (χ1v) is 19.7. The van der Waals surface area contributed by atoms with Gasteiger partial charge >= 0.3 is 12.2 Å². The number of hydrogen-bond donors (Lipinski definition) is 4. The molecule has 3 heterocycles. The van der Waals surface area contributed by atoms with E-state index >= 15 is 0 Å². The number of nitrogens with zero attached hydrogens (tertiary/aromatic N) is 2. The molecule has 5 aromatic rings. The molecular formula is C45H46N6O9. The third kappa shape index (κ3) is 8.94. The van der Waals surface area contributed by atoms with Gasteiger partial charge in [-0.25, -0.2) is 9.59 Å². The predicted molar refractivity (Wildman–Crippen MR) is 223 cm³/mol. The fraction of sp³-hybridized carbons (Fsp3) is 0.289. The number of rotatable bonds is 11. The van der Waals surface area contributed by atoms with Crippen LogP contribution in [-0.4, -0.2) is 85.0 Å². The number of carbonyl (C=O) groups excluding carboxylic acids is 6. The number of amides is 6. The first kappa shape index (κ1) is 41.0. The van der Waals surface area contributed by atoms with Crippen molar-refractivity contribution >= 4 is 58.2 Å². The van der Waals surface area contributed by atoms with Crippen molar-refractivity contribution in [3.05, 3.63) is 120 Å². The summed E-state index contributed by atoms with van der Waals surface area (Å²) in [6.07, 6.45) is 0.676. The molecule has 2 aliphatic heterocycles. The van der Waals surface area contributed by atoms with Crippen LogP contribution >= 0.6 is 0 Å². The number of likely N-dealkylation sites (tertiary alicyclic amines) is 2. The summed E-state index contributed by atoms with van der Waals surface area (Å²) < 4.78 is 15.8. The normalized spacial score (nSPS) is 17.1.